The number of aromatic nitrogens is 2. The van der Waals surface area contributed by atoms with Crippen LogP contribution in [0.5, 0.6) is 0 Å². The molecule has 1 atom stereocenters. The zero-order valence-electron chi connectivity index (χ0n) is 12.9. The van der Waals surface area contributed by atoms with Gasteiger partial charge in [0.05, 0.1) is 10.9 Å². The first kappa shape index (κ1) is 14.7. The topological polar surface area (TPSA) is 55.2 Å². The van der Waals surface area contributed by atoms with Gasteiger partial charge in [-0.05, 0) is 31.4 Å². The van der Waals surface area contributed by atoms with Crippen molar-refractivity contribution in [3.63, 3.8) is 0 Å². The molecule has 116 valence electrons. The molecule has 22 heavy (non-hydrogen) atoms. The lowest BCUT2D eigenvalue weighted by atomic mass is 10.1. The highest BCUT2D eigenvalue weighted by Gasteiger charge is 2.24. The van der Waals surface area contributed by atoms with Crippen LogP contribution in [0.1, 0.15) is 30.6 Å². The number of ketones is 1. The van der Waals surface area contributed by atoms with E-state index in [0.29, 0.717) is 11.9 Å². The Kier molecular flexibility index (Phi) is 3.47. The first-order valence-electron chi connectivity index (χ1n) is 7.34. The van der Waals surface area contributed by atoms with Crippen LogP contribution in [0, 0.1) is 11.7 Å². The van der Waals surface area contributed by atoms with Crippen molar-refractivity contribution in [1.29, 1.82) is 0 Å². The Bertz CT molecular complexity index is 828. The molecule has 2 aromatic rings. The van der Waals surface area contributed by atoms with Gasteiger partial charge in [0.15, 0.2) is 5.78 Å². The van der Waals surface area contributed by atoms with Crippen molar-refractivity contribution in [2.24, 2.45) is 13.0 Å². The maximum Gasteiger partial charge on any atom is 0.262 e. The first-order chi connectivity index (χ1) is 10.4. The molecule has 0 saturated carbocycles. The van der Waals surface area contributed by atoms with Gasteiger partial charge in [0.25, 0.3) is 5.56 Å². The average Bonchev–Trinajstić information content (AvgIpc) is 2.88. The maximum absolute atomic E-state index is 13.7. The van der Waals surface area contributed by atoms with Crippen LogP contribution < -0.4 is 10.5 Å². The summed E-state index contributed by atoms with van der Waals surface area (Å²) >= 11 is 0. The molecule has 3 rings (SSSR count). The molecule has 0 aliphatic carbocycles. The highest BCUT2D eigenvalue weighted by atomic mass is 19.1. The van der Waals surface area contributed by atoms with Gasteiger partial charge in [0, 0.05) is 25.7 Å². The van der Waals surface area contributed by atoms with Gasteiger partial charge in [-0.1, -0.05) is 6.92 Å². The Morgan fingerprint density at radius 2 is 2.14 bits per heavy atom. The Balaban J connectivity index is 2.30. The highest BCUT2D eigenvalue weighted by Crippen LogP contribution is 2.24. The van der Waals surface area contributed by atoms with E-state index in [9.17, 15) is 14.0 Å². The molecular weight excluding hydrogens is 285 g/mol. The number of hydrogen-bond acceptors (Lipinski definition) is 4. The van der Waals surface area contributed by atoms with E-state index in [4.69, 9.17) is 0 Å². The van der Waals surface area contributed by atoms with Crippen LogP contribution in [0.2, 0.25) is 0 Å². The molecule has 0 bridgehead atoms. The second-order valence-electron chi connectivity index (χ2n) is 6.02. The van der Waals surface area contributed by atoms with Crippen LogP contribution in [0.25, 0.3) is 10.9 Å². The van der Waals surface area contributed by atoms with Gasteiger partial charge in [0.2, 0.25) is 5.95 Å². The second-order valence-corrected chi connectivity index (χ2v) is 6.02. The predicted octanol–water partition coefficient (Wildman–Crippen LogP) is 2.12. The van der Waals surface area contributed by atoms with E-state index in [1.165, 1.54) is 11.5 Å². The van der Waals surface area contributed by atoms with Crippen LogP contribution >= 0.6 is 0 Å². The van der Waals surface area contributed by atoms with Crippen molar-refractivity contribution in [1.82, 2.24) is 9.55 Å². The minimum absolute atomic E-state index is 0.142. The van der Waals surface area contributed by atoms with Gasteiger partial charge in [-0.15, -0.1) is 0 Å². The molecule has 2 heterocycles. The molecule has 6 heteroatoms. The number of rotatable bonds is 2. The minimum atomic E-state index is -0.598. The van der Waals surface area contributed by atoms with Crippen LogP contribution in [-0.4, -0.2) is 28.4 Å². The molecule has 1 aliphatic rings. The largest absolute Gasteiger partial charge is 0.342 e. The van der Waals surface area contributed by atoms with Gasteiger partial charge >= 0.3 is 0 Å². The second kappa shape index (κ2) is 5.19. The number of halogens is 1. The summed E-state index contributed by atoms with van der Waals surface area (Å²) < 4.78 is 15.1. The summed E-state index contributed by atoms with van der Waals surface area (Å²) in [6.07, 6.45) is 1.04. The first-order valence-corrected chi connectivity index (χ1v) is 7.34. The van der Waals surface area contributed by atoms with Gasteiger partial charge < -0.3 is 4.90 Å². The maximum atomic E-state index is 13.7. The van der Waals surface area contributed by atoms with E-state index in [2.05, 4.69) is 11.9 Å². The van der Waals surface area contributed by atoms with Crippen molar-refractivity contribution < 1.29 is 9.18 Å². The Morgan fingerprint density at radius 3 is 2.73 bits per heavy atom. The van der Waals surface area contributed by atoms with E-state index in [1.54, 1.807) is 7.05 Å². The molecule has 1 aliphatic heterocycles. The van der Waals surface area contributed by atoms with Gasteiger partial charge in [-0.2, -0.15) is 0 Å². The third kappa shape index (κ3) is 2.28. The van der Waals surface area contributed by atoms with Crippen LogP contribution in [0.3, 0.4) is 0 Å². The zero-order chi connectivity index (χ0) is 16.0. The SMILES string of the molecule is CC(=O)c1cc(F)cc2c(=O)n(C)c(N3CCC(C)C3)nc12. The Hall–Kier alpha value is -2.24. The van der Waals surface area contributed by atoms with Crippen molar-refractivity contribution in [2.45, 2.75) is 20.3 Å². The molecule has 1 aromatic carbocycles. The minimum Gasteiger partial charge on any atom is -0.342 e. The van der Waals surface area contributed by atoms with E-state index in [0.717, 1.165) is 31.6 Å². The lowest BCUT2D eigenvalue weighted by Crippen LogP contribution is -2.30. The number of benzene rings is 1. The Morgan fingerprint density at radius 1 is 1.41 bits per heavy atom. The van der Waals surface area contributed by atoms with Crippen LogP contribution in [0.4, 0.5) is 10.3 Å². The number of carbonyl (C=O) groups excluding carboxylic acids is 1. The quantitative estimate of drug-likeness (QED) is 0.798. The molecule has 1 unspecified atom stereocenters. The fourth-order valence-electron chi connectivity index (χ4n) is 3.00. The fraction of sp³-hybridized carbons (Fsp3) is 0.438. The molecule has 1 fully saturated rings. The van der Waals surface area contributed by atoms with Crippen LogP contribution in [0.15, 0.2) is 16.9 Å². The summed E-state index contributed by atoms with van der Waals surface area (Å²) in [5.41, 5.74) is 0.106. The van der Waals surface area contributed by atoms with E-state index in [1.807, 2.05) is 4.90 Å². The molecule has 0 N–H and O–H groups in total. The number of fused-ring (bicyclic) bond motifs is 1. The van der Waals surface area contributed by atoms with Crippen LogP contribution in [-0.2, 0) is 7.05 Å². The third-order valence-electron chi connectivity index (χ3n) is 4.21. The van der Waals surface area contributed by atoms with Crippen molar-refractivity contribution in [3.8, 4) is 0 Å². The van der Waals surface area contributed by atoms with Crippen molar-refractivity contribution in [2.75, 3.05) is 18.0 Å². The summed E-state index contributed by atoms with van der Waals surface area (Å²) in [5.74, 6) is 0.175. The summed E-state index contributed by atoms with van der Waals surface area (Å²) in [4.78, 5) is 30.9. The molecule has 0 spiro atoms. The molecule has 1 aromatic heterocycles. The zero-order valence-corrected chi connectivity index (χ0v) is 12.9. The monoisotopic (exact) mass is 303 g/mol. The summed E-state index contributed by atoms with van der Waals surface area (Å²) in [7, 11) is 1.63. The van der Waals surface area contributed by atoms with E-state index >= 15 is 0 Å². The normalized spacial score (nSPS) is 18.2. The summed E-state index contributed by atoms with van der Waals surface area (Å²) in [6.45, 7) is 5.15. The van der Waals surface area contributed by atoms with E-state index < -0.39 is 5.82 Å². The van der Waals surface area contributed by atoms with Gasteiger partial charge in [-0.3, -0.25) is 14.2 Å². The summed E-state index contributed by atoms with van der Waals surface area (Å²) in [5, 5.41) is 0.142. The molecule has 1 saturated heterocycles. The molecule has 0 amide bonds. The molecule has 0 radical (unpaired) electrons. The lowest BCUT2D eigenvalue weighted by molar-refractivity contribution is 0.101. The third-order valence-corrected chi connectivity index (χ3v) is 4.21. The number of hydrogen-bond donors (Lipinski definition) is 0. The van der Waals surface area contributed by atoms with Gasteiger partial charge in [0.1, 0.15) is 5.82 Å². The van der Waals surface area contributed by atoms with Crippen molar-refractivity contribution >= 4 is 22.6 Å². The van der Waals surface area contributed by atoms with Gasteiger partial charge in [-0.25, -0.2) is 9.37 Å². The number of Topliss-reactive ketones (excluding diaryl/α,β-unsaturated/α-hetero) is 1. The number of nitrogens with zero attached hydrogens (tertiary/aromatic N) is 3. The summed E-state index contributed by atoms with van der Waals surface area (Å²) in [6, 6.07) is 2.29. The smallest absolute Gasteiger partial charge is 0.262 e. The Labute approximate surface area is 127 Å². The number of carbonyl (C=O) groups is 1. The lowest BCUT2D eigenvalue weighted by Gasteiger charge is -2.20. The average molecular weight is 303 g/mol. The predicted molar refractivity (Wildman–Crippen MR) is 82.9 cm³/mol. The van der Waals surface area contributed by atoms with E-state index in [-0.39, 0.29) is 27.8 Å². The fourth-order valence-corrected chi connectivity index (χ4v) is 3.00. The molecule has 5 nitrogen and oxygen atoms in total. The number of anilines is 1. The standard InChI is InChI=1S/C16H18FN3O2/c1-9-4-5-20(8-9)16-18-14-12(10(2)21)6-11(17)7-13(14)15(22)19(16)3/h6-7,9H,4-5,8H2,1-3H3. The molecular formula is C16H18FN3O2. The van der Waals surface area contributed by atoms with Crippen molar-refractivity contribution in [3.05, 3.63) is 33.9 Å². The highest BCUT2D eigenvalue weighted by molar-refractivity contribution is 6.05.